The molecule has 1 unspecified atom stereocenters. The minimum Gasteiger partial charge on any atom is -0.375 e. The van der Waals surface area contributed by atoms with Gasteiger partial charge in [-0.3, -0.25) is 0 Å². The van der Waals surface area contributed by atoms with E-state index in [2.05, 4.69) is 75.2 Å². The molecule has 2 aliphatic carbocycles. The number of nitrogens with zero attached hydrogens (tertiary/aromatic N) is 3. The van der Waals surface area contributed by atoms with E-state index in [0.717, 1.165) is 12.3 Å². The first-order chi connectivity index (χ1) is 14.6. The van der Waals surface area contributed by atoms with Crippen LogP contribution in [0.1, 0.15) is 72.6 Å². The molecule has 0 radical (unpaired) electrons. The maximum atomic E-state index is 4.42. The zero-order valence-corrected chi connectivity index (χ0v) is 21.2. The van der Waals surface area contributed by atoms with Gasteiger partial charge in [0.1, 0.15) is 0 Å². The van der Waals surface area contributed by atoms with E-state index in [4.69, 9.17) is 0 Å². The molecular formula is C28H47N3. The average Bonchev–Trinajstić information content (AvgIpc) is 2.70. The highest BCUT2D eigenvalue weighted by atomic mass is 15.3. The number of rotatable bonds is 5. The maximum absolute atomic E-state index is 4.42. The van der Waals surface area contributed by atoms with Gasteiger partial charge in [-0.15, -0.1) is 0 Å². The Morgan fingerprint density at radius 2 is 1.84 bits per heavy atom. The van der Waals surface area contributed by atoms with Crippen LogP contribution in [0.15, 0.2) is 35.6 Å². The molecule has 2 saturated heterocycles. The van der Waals surface area contributed by atoms with E-state index >= 15 is 0 Å². The summed E-state index contributed by atoms with van der Waals surface area (Å²) < 4.78 is 0. The number of fused-ring (bicyclic) bond motifs is 4. The van der Waals surface area contributed by atoms with Crippen LogP contribution in [0.25, 0.3) is 0 Å². The minimum atomic E-state index is 0.318. The van der Waals surface area contributed by atoms with E-state index in [0.29, 0.717) is 22.9 Å². The summed E-state index contributed by atoms with van der Waals surface area (Å²) in [5, 5.41) is 0. The molecule has 0 amide bonds. The van der Waals surface area contributed by atoms with Gasteiger partial charge in [-0.05, 0) is 88.1 Å². The van der Waals surface area contributed by atoms with Gasteiger partial charge in [0.25, 0.3) is 0 Å². The second-order valence-corrected chi connectivity index (χ2v) is 12.5. The molecule has 0 N–H and O–H groups in total. The van der Waals surface area contributed by atoms with Crippen LogP contribution in [0.5, 0.6) is 0 Å². The van der Waals surface area contributed by atoms with Gasteiger partial charge in [-0.1, -0.05) is 46.4 Å². The monoisotopic (exact) mass is 425 g/mol. The molecule has 2 bridgehead atoms. The quantitative estimate of drug-likeness (QED) is 0.558. The van der Waals surface area contributed by atoms with Crippen LogP contribution in [0.3, 0.4) is 0 Å². The average molecular weight is 426 g/mol. The third kappa shape index (κ3) is 4.69. The highest BCUT2D eigenvalue weighted by Gasteiger charge is 2.53. The molecule has 0 spiro atoms. The van der Waals surface area contributed by atoms with Gasteiger partial charge in [0.2, 0.25) is 0 Å². The third-order valence-electron chi connectivity index (χ3n) is 8.68. The van der Waals surface area contributed by atoms with Crippen molar-refractivity contribution in [1.82, 2.24) is 14.7 Å². The van der Waals surface area contributed by atoms with Crippen molar-refractivity contribution in [3.8, 4) is 0 Å². The van der Waals surface area contributed by atoms with E-state index in [-0.39, 0.29) is 0 Å². The first kappa shape index (κ1) is 23.1. The Labute approximate surface area is 192 Å². The molecule has 174 valence electrons. The molecule has 0 aromatic rings. The van der Waals surface area contributed by atoms with Gasteiger partial charge in [0.15, 0.2) is 0 Å². The van der Waals surface area contributed by atoms with Crippen LogP contribution in [0, 0.1) is 16.7 Å². The highest BCUT2D eigenvalue weighted by Crippen LogP contribution is 2.53. The second-order valence-electron chi connectivity index (χ2n) is 12.5. The summed E-state index contributed by atoms with van der Waals surface area (Å²) in [5.41, 5.74) is 5.36. The molecule has 1 saturated carbocycles. The lowest BCUT2D eigenvalue weighted by atomic mass is 9.58. The summed E-state index contributed by atoms with van der Waals surface area (Å²) in [6.45, 7) is 18.8. The number of piperidine rings is 2. The van der Waals surface area contributed by atoms with Crippen molar-refractivity contribution in [2.24, 2.45) is 16.7 Å². The lowest BCUT2D eigenvalue weighted by Crippen LogP contribution is -2.65. The smallest absolute Gasteiger partial charge is 0.0346 e. The van der Waals surface area contributed by atoms with Crippen molar-refractivity contribution in [3.05, 3.63) is 35.6 Å². The van der Waals surface area contributed by atoms with Crippen LogP contribution >= 0.6 is 0 Å². The third-order valence-corrected chi connectivity index (χ3v) is 8.68. The fourth-order valence-corrected chi connectivity index (χ4v) is 7.15. The van der Waals surface area contributed by atoms with Gasteiger partial charge in [-0.25, -0.2) is 0 Å². The molecular weight excluding hydrogens is 378 g/mol. The van der Waals surface area contributed by atoms with Crippen molar-refractivity contribution in [1.29, 1.82) is 0 Å². The highest BCUT2D eigenvalue weighted by molar-refractivity contribution is 5.45. The summed E-state index contributed by atoms with van der Waals surface area (Å²) in [6, 6.07) is 1.30. The Morgan fingerprint density at radius 1 is 1.16 bits per heavy atom. The summed E-state index contributed by atoms with van der Waals surface area (Å²) in [7, 11) is 4.79. The van der Waals surface area contributed by atoms with Crippen molar-refractivity contribution < 1.29 is 0 Å². The fraction of sp³-hybridized carbons (Fsp3) is 0.786. The molecule has 3 heteroatoms. The second kappa shape index (κ2) is 8.71. The van der Waals surface area contributed by atoms with Crippen molar-refractivity contribution in [2.45, 2.75) is 84.7 Å². The first-order valence-electron chi connectivity index (χ1n) is 12.8. The number of allylic oxidation sites excluding steroid dienone is 3. The Kier molecular flexibility index (Phi) is 6.49. The molecule has 3 nitrogen and oxygen atoms in total. The van der Waals surface area contributed by atoms with Gasteiger partial charge in [0.05, 0.1) is 0 Å². The van der Waals surface area contributed by atoms with E-state index in [1.807, 2.05) is 0 Å². The van der Waals surface area contributed by atoms with E-state index in [1.165, 1.54) is 70.4 Å². The Bertz CT molecular complexity index is 734. The Morgan fingerprint density at radius 3 is 2.52 bits per heavy atom. The normalized spacial score (nSPS) is 32.5. The molecule has 2 heterocycles. The predicted molar refractivity (Wildman–Crippen MR) is 133 cm³/mol. The van der Waals surface area contributed by atoms with Crippen molar-refractivity contribution in [3.63, 3.8) is 0 Å². The zero-order chi connectivity index (χ0) is 22.4. The van der Waals surface area contributed by atoms with Gasteiger partial charge in [0, 0.05) is 42.8 Å². The van der Waals surface area contributed by atoms with Crippen LogP contribution in [0.2, 0.25) is 0 Å². The summed E-state index contributed by atoms with van der Waals surface area (Å²) in [4.78, 5) is 8.00. The maximum Gasteiger partial charge on any atom is 0.0346 e. The molecule has 2 aliphatic heterocycles. The summed E-state index contributed by atoms with van der Waals surface area (Å²) in [5.74, 6) is 0.815. The van der Waals surface area contributed by atoms with Crippen LogP contribution in [-0.2, 0) is 0 Å². The van der Waals surface area contributed by atoms with Crippen LogP contribution in [0.4, 0.5) is 0 Å². The van der Waals surface area contributed by atoms with E-state index in [1.54, 1.807) is 11.1 Å². The van der Waals surface area contributed by atoms with Gasteiger partial charge < -0.3 is 14.7 Å². The van der Waals surface area contributed by atoms with Crippen molar-refractivity contribution >= 4 is 0 Å². The SMILES string of the molecule is C=C(CC(C)(C)C)N1CCC(CN(C)[C@H]2C3CC4=CCCC=C4[C@@]2(C)CCN3C)CC1. The largest absolute Gasteiger partial charge is 0.375 e. The minimum absolute atomic E-state index is 0.318. The van der Waals surface area contributed by atoms with Gasteiger partial charge in [-0.2, -0.15) is 0 Å². The number of likely N-dealkylation sites (tertiary alicyclic amines) is 2. The molecule has 0 aromatic carbocycles. The van der Waals surface area contributed by atoms with E-state index in [9.17, 15) is 0 Å². The number of hydrogen-bond donors (Lipinski definition) is 0. The Hall–Kier alpha value is -1.06. The number of likely N-dealkylation sites (N-methyl/N-ethyl adjacent to an activating group) is 2. The van der Waals surface area contributed by atoms with Gasteiger partial charge >= 0.3 is 0 Å². The zero-order valence-electron chi connectivity index (χ0n) is 21.2. The molecule has 3 atom stereocenters. The standard InChI is InChI=1S/C28H47N3/c1-21(19-27(2,3)4)31-15-12-22(13-16-31)20-30(7)26-25-18-23-10-8-9-11-24(23)28(26,5)14-17-29(25)6/h10-11,22,25-26H,1,8-9,12-20H2,2-7H3/t25?,26-,28+/m0/s1. The van der Waals surface area contributed by atoms with Crippen molar-refractivity contribution in [2.75, 3.05) is 40.3 Å². The molecule has 0 aromatic heterocycles. The van der Waals surface area contributed by atoms with Crippen LogP contribution < -0.4 is 0 Å². The lowest BCUT2D eigenvalue weighted by molar-refractivity contribution is -0.0276. The molecule has 4 aliphatic rings. The van der Waals surface area contributed by atoms with Crippen LogP contribution in [-0.4, -0.2) is 67.1 Å². The molecule has 31 heavy (non-hydrogen) atoms. The number of hydrogen-bond acceptors (Lipinski definition) is 3. The Balaban J connectivity index is 1.41. The fourth-order valence-electron chi connectivity index (χ4n) is 7.15. The first-order valence-corrected chi connectivity index (χ1v) is 12.8. The molecule has 4 rings (SSSR count). The topological polar surface area (TPSA) is 9.72 Å². The lowest BCUT2D eigenvalue weighted by Gasteiger charge is -2.59. The molecule has 3 fully saturated rings. The summed E-state index contributed by atoms with van der Waals surface area (Å²) in [6.07, 6.45) is 13.9. The van der Waals surface area contributed by atoms with E-state index < -0.39 is 0 Å². The summed E-state index contributed by atoms with van der Waals surface area (Å²) >= 11 is 0. The predicted octanol–water partition coefficient (Wildman–Crippen LogP) is 5.71.